The van der Waals surface area contributed by atoms with Crippen LogP contribution >= 0.6 is 0 Å². The van der Waals surface area contributed by atoms with E-state index in [4.69, 9.17) is 4.74 Å². The summed E-state index contributed by atoms with van der Waals surface area (Å²) in [6.07, 6.45) is 0. The van der Waals surface area contributed by atoms with Crippen LogP contribution in [0.1, 0.15) is 5.56 Å². The normalized spacial score (nSPS) is 11.0. The minimum atomic E-state index is 0.0543. The summed E-state index contributed by atoms with van der Waals surface area (Å²) in [5.74, 6) is 0. The molecule has 96 valence electrons. The van der Waals surface area contributed by atoms with Crippen molar-refractivity contribution in [2.45, 2.75) is 6.54 Å². The van der Waals surface area contributed by atoms with Crippen LogP contribution in [-0.4, -0.2) is 24.8 Å². The number of benzene rings is 1. The molecule has 2 aromatic rings. The molecule has 0 fully saturated rings. The van der Waals surface area contributed by atoms with Crippen molar-refractivity contribution in [3.63, 3.8) is 0 Å². The minimum absolute atomic E-state index is 0.0543. The van der Waals surface area contributed by atoms with E-state index < -0.39 is 0 Å². The van der Waals surface area contributed by atoms with Gasteiger partial charge in [-0.3, -0.25) is 4.79 Å². The number of para-hydroxylation sites is 1. The van der Waals surface area contributed by atoms with E-state index in [0.717, 1.165) is 23.0 Å². The highest BCUT2D eigenvalue weighted by Gasteiger charge is 2.05. The van der Waals surface area contributed by atoms with Gasteiger partial charge in [0.15, 0.2) is 0 Å². The van der Waals surface area contributed by atoms with E-state index in [1.807, 2.05) is 37.4 Å². The highest BCUT2D eigenvalue weighted by Crippen LogP contribution is 2.11. The first-order chi connectivity index (χ1) is 8.74. The lowest BCUT2D eigenvalue weighted by molar-refractivity contribution is 0.199. The molecule has 4 nitrogen and oxygen atoms in total. The third-order valence-electron chi connectivity index (χ3n) is 3.01. The number of hydrogen-bond donors (Lipinski definition) is 1. The summed E-state index contributed by atoms with van der Waals surface area (Å²) in [5.41, 5.74) is 1.80. The van der Waals surface area contributed by atoms with Gasteiger partial charge in [-0.15, -0.1) is 0 Å². The Balaban J connectivity index is 2.28. The predicted octanol–water partition coefficient (Wildman–Crippen LogP) is 1.27. The molecule has 0 aliphatic carbocycles. The van der Waals surface area contributed by atoms with Gasteiger partial charge in [-0.05, 0) is 17.5 Å². The fourth-order valence-corrected chi connectivity index (χ4v) is 2.01. The Kier molecular flexibility index (Phi) is 4.12. The van der Waals surface area contributed by atoms with Crippen LogP contribution in [0, 0.1) is 0 Å². The summed E-state index contributed by atoms with van der Waals surface area (Å²) in [6.45, 7) is 1.96. The Hall–Kier alpha value is -1.65. The van der Waals surface area contributed by atoms with Gasteiger partial charge in [0.1, 0.15) is 0 Å². The van der Waals surface area contributed by atoms with Crippen LogP contribution in [0.2, 0.25) is 0 Å². The van der Waals surface area contributed by atoms with E-state index in [1.165, 1.54) is 0 Å². The summed E-state index contributed by atoms with van der Waals surface area (Å²) < 4.78 is 6.66. The molecular formula is C14H18N2O2. The molecule has 2 rings (SSSR count). The van der Waals surface area contributed by atoms with Gasteiger partial charge in [-0.2, -0.15) is 0 Å². The molecular weight excluding hydrogens is 228 g/mol. The van der Waals surface area contributed by atoms with Gasteiger partial charge in [0.05, 0.1) is 12.1 Å². The molecule has 4 heteroatoms. The molecule has 0 bridgehead atoms. The minimum Gasteiger partial charge on any atom is -0.383 e. The average molecular weight is 246 g/mol. The molecule has 18 heavy (non-hydrogen) atoms. The lowest BCUT2D eigenvalue weighted by Gasteiger charge is -2.09. The van der Waals surface area contributed by atoms with Gasteiger partial charge in [-0.25, -0.2) is 0 Å². The number of nitrogens with one attached hydrogen (secondary N) is 1. The quantitative estimate of drug-likeness (QED) is 0.808. The van der Waals surface area contributed by atoms with Crippen LogP contribution in [0.4, 0.5) is 0 Å². The molecule has 0 atom stereocenters. The van der Waals surface area contributed by atoms with Crippen LogP contribution in [0.5, 0.6) is 0 Å². The lowest BCUT2D eigenvalue weighted by atomic mass is 10.1. The molecule has 0 unspecified atom stereocenters. The summed E-state index contributed by atoms with van der Waals surface area (Å²) in [6, 6.07) is 9.86. The van der Waals surface area contributed by atoms with Gasteiger partial charge < -0.3 is 14.6 Å². The maximum atomic E-state index is 12.1. The number of rotatable bonds is 5. The van der Waals surface area contributed by atoms with Gasteiger partial charge in [0, 0.05) is 32.8 Å². The number of fused-ring (bicyclic) bond motifs is 1. The molecule has 1 aromatic carbocycles. The van der Waals surface area contributed by atoms with E-state index in [-0.39, 0.29) is 5.56 Å². The molecule has 1 heterocycles. The van der Waals surface area contributed by atoms with Crippen molar-refractivity contribution in [2.75, 3.05) is 20.3 Å². The van der Waals surface area contributed by atoms with E-state index in [0.29, 0.717) is 13.2 Å². The fourth-order valence-electron chi connectivity index (χ4n) is 2.01. The molecule has 0 saturated carbocycles. The number of pyridine rings is 1. The number of nitrogens with zero attached hydrogens (tertiary/aromatic N) is 1. The lowest BCUT2D eigenvalue weighted by Crippen LogP contribution is -2.27. The Morgan fingerprint density at radius 2 is 2.11 bits per heavy atom. The summed E-state index contributed by atoms with van der Waals surface area (Å²) in [7, 11) is 3.47. The molecule has 1 N–H and O–H groups in total. The highest BCUT2D eigenvalue weighted by molar-refractivity contribution is 5.79. The van der Waals surface area contributed by atoms with Gasteiger partial charge in [0.25, 0.3) is 5.56 Å². The molecule has 0 aliphatic rings. The van der Waals surface area contributed by atoms with E-state index in [2.05, 4.69) is 5.32 Å². The van der Waals surface area contributed by atoms with Crippen LogP contribution < -0.4 is 10.9 Å². The van der Waals surface area contributed by atoms with Crippen molar-refractivity contribution in [1.82, 2.24) is 9.88 Å². The maximum Gasteiger partial charge on any atom is 0.255 e. The predicted molar refractivity (Wildman–Crippen MR) is 72.8 cm³/mol. The van der Waals surface area contributed by atoms with Crippen LogP contribution in [0.15, 0.2) is 35.1 Å². The van der Waals surface area contributed by atoms with E-state index >= 15 is 0 Å². The first kappa shape index (κ1) is 12.8. The SMILES string of the molecule is COCCNCc1cc2ccccc2n(C)c1=O. The van der Waals surface area contributed by atoms with Crippen molar-refractivity contribution in [3.05, 3.63) is 46.2 Å². The largest absolute Gasteiger partial charge is 0.383 e. The number of aromatic nitrogens is 1. The third kappa shape index (κ3) is 2.60. The fraction of sp³-hybridized carbons (Fsp3) is 0.357. The monoisotopic (exact) mass is 246 g/mol. The maximum absolute atomic E-state index is 12.1. The zero-order valence-corrected chi connectivity index (χ0v) is 10.8. The molecule has 0 radical (unpaired) electrons. The number of hydrogen-bond acceptors (Lipinski definition) is 3. The Morgan fingerprint density at radius 1 is 1.33 bits per heavy atom. The first-order valence-electron chi connectivity index (χ1n) is 6.01. The van der Waals surface area contributed by atoms with E-state index in [1.54, 1.807) is 11.7 Å². The zero-order valence-electron chi connectivity index (χ0n) is 10.8. The van der Waals surface area contributed by atoms with Crippen molar-refractivity contribution in [1.29, 1.82) is 0 Å². The molecule has 0 saturated heterocycles. The number of methoxy groups -OCH3 is 1. The Bertz CT molecular complexity index is 590. The molecule has 1 aromatic heterocycles. The van der Waals surface area contributed by atoms with Crippen LogP contribution in [-0.2, 0) is 18.3 Å². The van der Waals surface area contributed by atoms with Crippen LogP contribution in [0.3, 0.4) is 0 Å². The molecule has 0 spiro atoms. The second-order valence-corrected chi connectivity index (χ2v) is 4.26. The molecule has 0 aliphatic heterocycles. The standard InChI is InChI=1S/C14H18N2O2/c1-16-13-6-4-3-5-11(13)9-12(14(16)17)10-15-7-8-18-2/h3-6,9,15H,7-8,10H2,1-2H3. The summed E-state index contributed by atoms with van der Waals surface area (Å²) in [5, 5.41) is 4.28. The molecule has 0 amide bonds. The number of aryl methyl sites for hydroxylation is 1. The number of ether oxygens (including phenoxy) is 1. The average Bonchev–Trinajstić information content (AvgIpc) is 2.40. The third-order valence-corrected chi connectivity index (χ3v) is 3.01. The van der Waals surface area contributed by atoms with Crippen molar-refractivity contribution in [3.8, 4) is 0 Å². The summed E-state index contributed by atoms with van der Waals surface area (Å²) >= 11 is 0. The summed E-state index contributed by atoms with van der Waals surface area (Å²) in [4.78, 5) is 12.1. The topological polar surface area (TPSA) is 43.3 Å². The highest BCUT2D eigenvalue weighted by atomic mass is 16.5. The van der Waals surface area contributed by atoms with Crippen molar-refractivity contribution >= 4 is 10.9 Å². The van der Waals surface area contributed by atoms with E-state index in [9.17, 15) is 4.79 Å². The van der Waals surface area contributed by atoms with Crippen molar-refractivity contribution in [2.24, 2.45) is 7.05 Å². The van der Waals surface area contributed by atoms with Gasteiger partial charge >= 0.3 is 0 Å². The van der Waals surface area contributed by atoms with Gasteiger partial charge in [-0.1, -0.05) is 18.2 Å². The first-order valence-corrected chi connectivity index (χ1v) is 6.01. The van der Waals surface area contributed by atoms with Crippen molar-refractivity contribution < 1.29 is 4.74 Å². The smallest absolute Gasteiger partial charge is 0.255 e. The van der Waals surface area contributed by atoms with Crippen LogP contribution in [0.25, 0.3) is 10.9 Å². The Morgan fingerprint density at radius 3 is 2.89 bits per heavy atom. The second-order valence-electron chi connectivity index (χ2n) is 4.26. The Labute approximate surface area is 106 Å². The zero-order chi connectivity index (χ0) is 13.0. The van der Waals surface area contributed by atoms with Gasteiger partial charge in [0.2, 0.25) is 0 Å². The second kappa shape index (κ2) is 5.80.